The van der Waals surface area contributed by atoms with Crippen molar-refractivity contribution in [1.29, 1.82) is 0 Å². The molecule has 3 N–H and O–H groups in total. The van der Waals surface area contributed by atoms with E-state index in [0.29, 0.717) is 6.04 Å². The van der Waals surface area contributed by atoms with Crippen LogP contribution in [-0.4, -0.2) is 37.5 Å². The summed E-state index contributed by atoms with van der Waals surface area (Å²) in [5.41, 5.74) is 0. The minimum atomic E-state index is 0.229. The van der Waals surface area contributed by atoms with Crippen LogP contribution in [0.25, 0.3) is 0 Å². The van der Waals surface area contributed by atoms with Crippen LogP contribution in [0, 0.1) is 5.92 Å². The summed E-state index contributed by atoms with van der Waals surface area (Å²) < 4.78 is 0. The normalized spacial score (nSPS) is 19.4. The summed E-state index contributed by atoms with van der Waals surface area (Å²) in [7, 11) is 0. The van der Waals surface area contributed by atoms with Crippen molar-refractivity contribution < 1.29 is 4.79 Å². The first kappa shape index (κ1) is 15.9. The van der Waals surface area contributed by atoms with Crippen molar-refractivity contribution in [1.82, 2.24) is 16.0 Å². The van der Waals surface area contributed by atoms with E-state index in [4.69, 9.17) is 0 Å². The molecule has 0 saturated heterocycles. The Hall–Kier alpha value is -1.52. The van der Waals surface area contributed by atoms with Gasteiger partial charge in [-0.2, -0.15) is 0 Å². The first-order valence-corrected chi connectivity index (χ1v) is 8.27. The van der Waals surface area contributed by atoms with Crippen molar-refractivity contribution >= 4 is 11.9 Å². The molecule has 0 unspecified atom stereocenters. The first-order valence-electron chi connectivity index (χ1n) is 8.27. The first-order chi connectivity index (χ1) is 10.3. The van der Waals surface area contributed by atoms with E-state index in [1.165, 1.54) is 6.42 Å². The van der Waals surface area contributed by atoms with Crippen molar-refractivity contribution in [2.45, 2.75) is 51.5 Å². The standard InChI is InChI=1S/C16H28N4O/c1-2-17-16(20-14-9-3-4-10-14)19-12-6-11-18-15(21)13-7-5-8-13/h3-4,13-14H,2,5-12H2,1H3,(H,18,21)(H2,17,19,20). The van der Waals surface area contributed by atoms with Crippen LogP contribution in [0.3, 0.4) is 0 Å². The molecule has 0 atom stereocenters. The molecule has 5 nitrogen and oxygen atoms in total. The van der Waals surface area contributed by atoms with Gasteiger partial charge in [0.25, 0.3) is 0 Å². The van der Waals surface area contributed by atoms with Gasteiger partial charge >= 0.3 is 0 Å². The molecule has 0 aromatic carbocycles. The minimum absolute atomic E-state index is 0.229. The largest absolute Gasteiger partial charge is 0.357 e. The highest BCUT2D eigenvalue weighted by molar-refractivity contribution is 5.80. The van der Waals surface area contributed by atoms with Crippen LogP contribution in [-0.2, 0) is 4.79 Å². The Labute approximate surface area is 127 Å². The topological polar surface area (TPSA) is 65.5 Å². The molecule has 0 radical (unpaired) electrons. The van der Waals surface area contributed by atoms with E-state index in [2.05, 4.69) is 40.0 Å². The van der Waals surface area contributed by atoms with Gasteiger partial charge in [-0.15, -0.1) is 0 Å². The van der Waals surface area contributed by atoms with Crippen molar-refractivity contribution in [2.24, 2.45) is 10.9 Å². The maximum atomic E-state index is 11.7. The molecule has 0 aromatic rings. The maximum Gasteiger partial charge on any atom is 0.223 e. The number of hydrogen-bond donors (Lipinski definition) is 3. The summed E-state index contributed by atoms with van der Waals surface area (Å²) in [5.74, 6) is 1.39. The Morgan fingerprint density at radius 2 is 2.00 bits per heavy atom. The number of hydrogen-bond acceptors (Lipinski definition) is 2. The summed E-state index contributed by atoms with van der Waals surface area (Å²) in [6, 6.07) is 0.473. The molecule has 0 heterocycles. The lowest BCUT2D eigenvalue weighted by atomic mass is 9.85. The molecule has 0 aromatic heterocycles. The lowest BCUT2D eigenvalue weighted by Crippen LogP contribution is -2.42. The predicted molar refractivity (Wildman–Crippen MR) is 86.2 cm³/mol. The number of nitrogens with zero attached hydrogens (tertiary/aromatic N) is 1. The van der Waals surface area contributed by atoms with Crippen LogP contribution in [0.4, 0.5) is 0 Å². The number of nitrogens with one attached hydrogen (secondary N) is 3. The summed E-state index contributed by atoms with van der Waals surface area (Å²) in [5, 5.41) is 9.72. The average Bonchev–Trinajstić information content (AvgIpc) is 2.89. The average molecular weight is 292 g/mol. The third-order valence-corrected chi connectivity index (χ3v) is 4.07. The van der Waals surface area contributed by atoms with E-state index in [-0.39, 0.29) is 11.8 Å². The molecule has 0 spiro atoms. The van der Waals surface area contributed by atoms with Crippen molar-refractivity contribution in [2.75, 3.05) is 19.6 Å². The fourth-order valence-corrected chi connectivity index (χ4v) is 2.54. The molecule has 0 aliphatic heterocycles. The van der Waals surface area contributed by atoms with Gasteiger partial charge in [0.15, 0.2) is 5.96 Å². The van der Waals surface area contributed by atoms with Crippen LogP contribution in [0.15, 0.2) is 17.1 Å². The van der Waals surface area contributed by atoms with Crippen LogP contribution < -0.4 is 16.0 Å². The zero-order chi connectivity index (χ0) is 14.9. The molecule has 118 valence electrons. The Morgan fingerprint density at radius 1 is 1.24 bits per heavy atom. The summed E-state index contributed by atoms with van der Waals surface area (Å²) in [6.07, 6.45) is 10.8. The van der Waals surface area contributed by atoms with E-state index in [1.54, 1.807) is 0 Å². The highest BCUT2D eigenvalue weighted by Gasteiger charge is 2.24. The number of guanidine groups is 1. The summed E-state index contributed by atoms with van der Waals surface area (Å²) in [4.78, 5) is 16.2. The molecule has 2 rings (SSSR count). The third kappa shape index (κ3) is 5.40. The lowest BCUT2D eigenvalue weighted by Gasteiger charge is -2.23. The molecular formula is C16H28N4O. The molecule has 1 amide bonds. The van der Waals surface area contributed by atoms with E-state index in [1.807, 2.05) is 0 Å². The van der Waals surface area contributed by atoms with E-state index in [9.17, 15) is 4.79 Å². The van der Waals surface area contributed by atoms with Gasteiger partial charge in [0, 0.05) is 31.6 Å². The minimum Gasteiger partial charge on any atom is -0.357 e. The van der Waals surface area contributed by atoms with Crippen LogP contribution in [0.5, 0.6) is 0 Å². The van der Waals surface area contributed by atoms with Gasteiger partial charge in [0.2, 0.25) is 5.91 Å². The van der Waals surface area contributed by atoms with E-state index in [0.717, 1.165) is 57.7 Å². The summed E-state index contributed by atoms with van der Waals surface area (Å²) >= 11 is 0. The molecule has 0 bridgehead atoms. The zero-order valence-electron chi connectivity index (χ0n) is 13.0. The predicted octanol–water partition coefficient (Wildman–Crippen LogP) is 1.57. The van der Waals surface area contributed by atoms with Gasteiger partial charge in [-0.05, 0) is 39.0 Å². The van der Waals surface area contributed by atoms with Gasteiger partial charge in [0.1, 0.15) is 0 Å². The van der Waals surface area contributed by atoms with Crippen molar-refractivity contribution in [3.8, 4) is 0 Å². The lowest BCUT2D eigenvalue weighted by molar-refractivity contribution is -0.127. The number of carbonyl (C=O) groups excluding carboxylic acids is 1. The second-order valence-corrected chi connectivity index (χ2v) is 5.82. The van der Waals surface area contributed by atoms with Gasteiger partial charge < -0.3 is 16.0 Å². The fourth-order valence-electron chi connectivity index (χ4n) is 2.54. The molecule has 1 fully saturated rings. The molecular weight excluding hydrogens is 264 g/mol. The van der Waals surface area contributed by atoms with Gasteiger partial charge in [-0.3, -0.25) is 9.79 Å². The molecule has 2 aliphatic rings. The van der Waals surface area contributed by atoms with Gasteiger partial charge in [0.05, 0.1) is 0 Å². The van der Waals surface area contributed by atoms with Crippen LogP contribution >= 0.6 is 0 Å². The number of aliphatic imine (C=N–C) groups is 1. The fraction of sp³-hybridized carbons (Fsp3) is 0.750. The number of rotatable bonds is 7. The Balaban J connectivity index is 1.60. The zero-order valence-corrected chi connectivity index (χ0v) is 13.0. The highest BCUT2D eigenvalue weighted by atomic mass is 16.1. The third-order valence-electron chi connectivity index (χ3n) is 4.07. The summed E-state index contributed by atoms with van der Waals surface area (Å²) in [6.45, 7) is 4.40. The van der Waals surface area contributed by atoms with E-state index >= 15 is 0 Å². The SMILES string of the molecule is CCNC(=NCCCNC(=O)C1CCC1)NC1CC=CC1. The molecule has 5 heteroatoms. The van der Waals surface area contributed by atoms with E-state index < -0.39 is 0 Å². The van der Waals surface area contributed by atoms with Crippen LogP contribution in [0.1, 0.15) is 45.4 Å². The van der Waals surface area contributed by atoms with Crippen molar-refractivity contribution in [3.05, 3.63) is 12.2 Å². The second-order valence-electron chi connectivity index (χ2n) is 5.82. The monoisotopic (exact) mass is 292 g/mol. The molecule has 2 aliphatic carbocycles. The Morgan fingerprint density at radius 3 is 2.62 bits per heavy atom. The highest BCUT2D eigenvalue weighted by Crippen LogP contribution is 2.25. The Bertz CT molecular complexity index is 380. The quantitative estimate of drug-likeness (QED) is 0.289. The molecule has 21 heavy (non-hydrogen) atoms. The number of carbonyl (C=O) groups is 1. The van der Waals surface area contributed by atoms with Crippen LogP contribution in [0.2, 0.25) is 0 Å². The maximum absolute atomic E-state index is 11.7. The second kappa shape index (κ2) is 8.70. The van der Waals surface area contributed by atoms with Gasteiger partial charge in [-0.1, -0.05) is 18.6 Å². The molecule has 1 saturated carbocycles. The van der Waals surface area contributed by atoms with Crippen molar-refractivity contribution in [3.63, 3.8) is 0 Å². The smallest absolute Gasteiger partial charge is 0.223 e. The number of amides is 1. The van der Waals surface area contributed by atoms with Gasteiger partial charge in [-0.25, -0.2) is 0 Å². The Kier molecular flexibility index (Phi) is 6.57.